The second kappa shape index (κ2) is 7.21. The van der Waals surface area contributed by atoms with Crippen LogP contribution in [0.15, 0.2) is 35.7 Å². The number of carbonyl (C=O) groups excluding carboxylic acids is 1. The van der Waals surface area contributed by atoms with Crippen LogP contribution in [0.2, 0.25) is 0 Å². The van der Waals surface area contributed by atoms with E-state index in [4.69, 9.17) is 0 Å². The Kier molecular flexibility index (Phi) is 5.32. The molecule has 0 bridgehead atoms. The minimum atomic E-state index is -0.284. The van der Waals surface area contributed by atoms with Crippen LogP contribution in [0.1, 0.15) is 19.4 Å². The molecule has 0 unspecified atom stereocenters. The Bertz CT molecular complexity index is 599. The Morgan fingerprint density at radius 2 is 2.14 bits per heavy atom. The van der Waals surface area contributed by atoms with E-state index in [0.29, 0.717) is 6.54 Å². The van der Waals surface area contributed by atoms with E-state index in [1.54, 1.807) is 18.5 Å². The molecule has 2 rings (SSSR count). The highest BCUT2D eigenvalue weighted by atomic mass is 32.2. The Morgan fingerprint density at radius 3 is 2.81 bits per heavy atom. The number of aryl methyl sites for hydroxylation is 1. The quantitative estimate of drug-likeness (QED) is 0.831. The lowest BCUT2D eigenvalue weighted by atomic mass is 10.2. The first-order valence-corrected chi connectivity index (χ1v) is 7.54. The molecule has 21 heavy (non-hydrogen) atoms. The number of nitrogens with one attached hydrogen (secondary N) is 1. The number of nitrogens with zero attached hydrogens (tertiary/aromatic N) is 3. The van der Waals surface area contributed by atoms with Crippen LogP contribution in [0, 0.1) is 5.82 Å². The van der Waals surface area contributed by atoms with E-state index in [1.165, 1.54) is 23.9 Å². The third-order valence-corrected chi connectivity index (χ3v) is 4.05. The minimum absolute atomic E-state index is 0.0880. The summed E-state index contributed by atoms with van der Waals surface area (Å²) in [7, 11) is 0. The molecule has 0 saturated carbocycles. The number of hydrogen-bond acceptors (Lipinski definition) is 4. The maximum Gasteiger partial charge on any atom is 0.233 e. The van der Waals surface area contributed by atoms with Crippen molar-refractivity contribution in [2.24, 2.45) is 0 Å². The SMILES string of the molecule is CCn1cnnc1S[C@@H](C)C(=O)NCc1ccc(F)cc1. The minimum Gasteiger partial charge on any atom is -0.351 e. The van der Waals surface area contributed by atoms with Gasteiger partial charge >= 0.3 is 0 Å². The standard InChI is InChI=1S/C14H17FN4OS/c1-3-19-9-17-18-14(19)21-10(2)13(20)16-8-11-4-6-12(15)7-5-11/h4-7,9-10H,3,8H2,1-2H3,(H,16,20)/t10-/m0/s1. The van der Waals surface area contributed by atoms with Crippen LogP contribution in [-0.2, 0) is 17.9 Å². The molecule has 1 heterocycles. The van der Waals surface area contributed by atoms with Crippen molar-refractivity contribution < 1.29 is 9.18 Å². The first kappa shape index (κ1) is 15.5. The molecule has 2 aromatic rings. The molecule has 1 N–H and O–H groups in total. The van der Waals surface area contributed by atoms with Crippen LogP contribution < -0.4 is 5.32 Å². The summed E-state index contributed by atoms with van der Waals surface area (Å²) in [5.41, 5.74) is 0.860. The third-order valence-electron chi connectivity index (χ3n) is 2.95. The molecule has 0 aliphatic heterocycles. The monoisotopic (exact) mass is 308 g/mol. The summed E-state index contributed by atoms with van der Waals surface area (Å²) >= 11 is 1.36. The van der Waals surface area contributed by atoms with E-state index >= 15 is 0 Å². The topological polar surface area (TPSA) is 59.8 Å². The van der Waals surface area contributed by atoms with Gasteiger partial charge in [-0.3, -0.25) is 4.79 Å². The molecule has 0 aliphatic rings. The molecule has 0 fully saturated rings. The molecule has 112 valence electrons. The molecule has 0 aliphatic carbocycles. The van der Waals surface area contributed by atoms with Crippen molar-refractivity contribution in [3.05, 3.63) is 42.0 Å². The lowest BCUT2D eigenvalue weighted by Crippen LogP contribution is -2.30. The van der Waals surface area contributed by atoms with E-state index in [1.807, 2.05) is 18.4 Å². The second-order valence-corrected chi connectivity index (χ2v) is 5.81. The summed E-state index contributed by atoms with van der Waals surface area (Å²) in [5, 5.41) is 11.1. The Hall–Kier alpha value is -1.89. The van der Waals surface area contributed by atoms with Crippen LogP contribution in [0.5, 0.6) is 0 Å². The van der Waals surface area contributed by atoms with Gasteiger partial charge in [0.05, 0.1) is 5.25 Å². The van der Waals surface area contributed by atoms with E-state index in [0.717, 1.165) is 17.3 Å². The Labute approximate surface area is 127 Å². The lowest BCUT2D eigenvalue weighted by Gasteiger charge is -2.11. The molecule has 7 heteroatoms. The molecule has 1 aromatic carbocycles. The van der Waals surface area contributed by atoms with Crippen molar-refractivity contribution >= 4 is 17.7 Å². The zero-order chi connectivity index (χ0) is 15.2. The van der Waals surface area contributed by atoms with Gasteiger partial charge in [-0.2, -0.15) is 0 Å². The lowest BCUT2D eigenvalue weighted by molar-refractivity contribution is -0.120. The fraction of sp³-hybridized carbons (Fsp3) is 0.357. The van der Waals surface area contributed by atoms with Crippen LogP contribution in [0.25, 0.3) is 0 Å². The number of amides is 1. The highest BCUT2D eigenvalue weighted by Crippen LogP contribution is 2.20. The van der Waals surface area contributed by atoms with Gasteiger partial charge in [-0.25, -0.2) is 4.39 Å². The van der Waals surface area contributed by atoms with Gasteiger partial charge < -0.3 is 9.88 Å². The zero-order valence-electron chi connectivity index (χ0n) is 11.9. The summed E-state index contributed by atoms with van der Waals surface area (Å²) < 4.78 is 14.7. The van der Waals surface area contributed by atoms with Gasteiger partial charge in [0.1, 0.15) is 12.1 Å². The normalized spacial score (nSPS) is 12.1. The summed E-state index contributed by atoms with van der Waals surface area (Å²) in [6.07, 6.45) is 1.64. The van der Waals surface area contributed by atoms with E-state index < -0.39 is 0 Å². The van der Waals surface area contributed by atoms with Crippen LogP contribution >= 0.6 is 11.8 Å². The summed E-state index contributed by atoms with van der Waals surface area (Å²) in [6, 6.07) is 6.06. The fourth-order valence-corrected chi connectivity index (χ4v) is 2.61. The van der Waals surface area contributed by atoms with Crippen molar-refractivity contribution in [3.63, 3.8) is 0 Å². The van der Waals surface area contributed by atoms with Crippen molar-refractivity contribution in [1.29, 1.82) is 0 Å². The average molecular weight is 308 g/mol. The first-order valence-electron chi connectivity index (χ1n) is 6.66. The number of aromatic nitrogens is 3. The summed E-state index contributed by atoms with van der Waals surface area (Å²) in [6.45, 7) is 4.95. The van der Waals surface area contributed by atoms with Crippen LogP contribution in [0.3, 0.4) is 0 Å². The molecular formula is C14H17FN4OS. The maximum atomic E-state index is 12.8. The van der Waals surface area contributed by atoms with Gasteiger partial charge in [-0.05, 0) is 31.5 Å². The number of rotatable bonds is 6. The van der Waals surface area contributed by atoms with E-state index in [2.05, 4.69) is 15.5 Å². The molecule has 1 atom stereocenters. The Balaban J connectivity index is 1.86. The smallest absolute Gasteiger partial charge is 0.233 e. The zero-order valence-corrected chi connectivity index (χ0v) is 12.7. The van der Waals surface area contributed by atoms with Crippen LogP contribution in [-0.4, -0.2) is 25.9 Å². The number of halogens is 1. The van der Waals surface area contributed by atoms with Crippen molar-refractivity contribution in [2.45, 2.75) is 37.3 Å². The third kappa shape index (κ3) is 4.29. The van der Waals surface area contributed by atoms with Crippen molar-refractivity contribution in [2.75, 3.05) is 0 Å². The largest absolute Gasteiger partial charge is 0.351 e. The maximum absolute atomic E-state index is 12.8. The number of carbonyl (C=O) groups is 1. The molecule has 0 spiro atoms. The summed E-state index contributed by atoms with van der Waals surface area (Å²) in [4.78, 5) is 12.0. The van der Waals surface area contributed by atoms with Gasteiger partial charge in [0.2, 0.25) is 5.91 Å². The molecular weight excluding hydrogens is 291 g/mol. The predicted octanol–water partition coefficient (Wildman–Crippen LogP) is 2.23. The van der Waals surface area contributed by atoms with E-state index in [9.17, 15) is 9.18 Å². The molecule has 1 amide bonds. The molecule has 1 aromatic heterocycles. The van der Waals surface area contributed by atoms with Crippen molar-refractivity contribution in [3.8, 4) is 0 Å². The average Bonchev–Trinajstić information content (AvgIpc) is 2.93. The van der Waals surface area contributed by atoms with Crippen LogP contribution in [0.4, 0.5) is 4.39 Å². The molecule has 0 saturated heterocycles. The Morgan fingerprint density at radius 1 is 1.43 bits per heavy atom. The number of benzene rings is 1. The molecule has 5 nitrogen and oxygen atoms in total. The summed E-state index contributed by atoms with van der Waals surface area (Å²) in [5.74, 6) is -0.372. The van der Waals surface area contributed by atoms with Crippen molar-refractivity contribution in [1.82, 2.24) is 20.1 Å². The first-order chi connectivity index (χ1) is 10.1. The fourth-order valence-electron chi connectivity index (χ4n) is 1.70. The van der Waals surface area contributed by atoms with Gasteiger partial charge in [0.15, 0.2) is 5.16 Å². The van der Waals surface area contributed by atoms with Gasteiger partial charge in [0.25, 0.3) is 0 Å². The second-order valence-electron chi connectivity index (χ2n) is 4.50. The van der Waals surface area contributed by atoms with Gasteiger partial charge in [-0.15, -0.1) is 10.2 Å². The highest BCUT2D eigenvalue weighted by Gasteiger charge is 2.17. The number of hydrogen-bond donors (Lipinski definition) is 1. The van der Waals surface area contributed by atoms with E-state index in [-0.39, 0.29) is 17.0 Å². The van der Waals surface area contributed by atoms with Gasteiger partial charge in [-0.1, -0.05) is 23.9 Å². The molecule has 0 radical (unpaired) electrons. The number of thioether (sulfide) groups is 1. The predicted molar refractivity (Wildman–Crippen MR) is 79.3 cm³/mol. The van der Waals surface area contributed by atoms with Gasteiger partial charge in [0, 0.05) is 13.1 Å². The highest BCUT2D eigenvalue weighted by molar-refractivity contribution is 8.00.